The van der Waals surface area contributed by atoms with Crippen LogP contribution in [-0.4, -0.2) is 87.2 Å². The van der Waals surface area contributed by atoms with Gasteiger partial charge in [0.15, 0.2) is 11.4 Å². The molecule has 0 aliphatic carbocycles. The number of anilines is 1. The summed E-state index contributed by atoms with van der Waals surface area (Å²) < 4.78 is 23.3. The lowest BCUT2D eigenvalue weighted by Gasteiger charge is -2.38. The first-order valence-electron chi connectivity index (χ1n) is 14.7. The van der Waals surface area contributed by atoms with Gasteiger partial charge in [-0.05, 0) is 57.1 Å². The minimum Gasteiger partial charge on any atom is -0.492 e. The smallest absolute Gasteiger partial charge is 0.276 e. The number of ether oxygens (including phenoxy) is 4. The standard InChI is InChI=1S/C31H44N4O5/c1-21-7-9-22(10-8-21)27-6-4-5-24(40-27)19-33-26-11-15-32-29(30(26)38-3)31(36)35-16-12-23(13-17-35)34-25-14-18-39-20-28(25)37-2/h7-11,15,23-25,27-28,34H,4-6,12-14,16-20H2,1-3H3,(H,32,33)/t24?,25-,27-,28+/m0/s1. The Morgan fingerprint density at radius 2 is 1.88 bits per heavy atom. The molecule has 9 heteroatoms. The van der Waals surface area contributed by atoms with Crippen molar-refractivity contribution < 1.29 is 23.7 Å². The summed E-state index contributed by atoms with van der Waals surface area (Å²) in [5.41, 5.74) is 3.60. The largest absolute Gasteiger partial charge is 0.492 e. The highest BCUT2D eigenvalue weighted by Gasteiger charge is 2.32. The van der Waals surface area contributed by atoms with Crippen molar-refractivity contribution in [3.8, 4) is 5.75 Å². The molecule has 4 atom stereocenters. The second-order valence-corrected chi connectivity index (χ2v) is 11.2. The molecule has 3 aliphatic heterocycles. The van der Waals surface area contributed by atoms with Crippen LogP contribution in [-0.2, 0) is 14.2 Å². The van der Waals surface area contributed by atoms with E-state index in [9.17, 15) is 4.79 Å². The van der Waals surface area contributed by atoms with Crippen molar-refractivity contribution in [1.29, 1.82) is 0 Å². The molecule has 3 saturated heterocycles. The Balaban J connectivity index is 1.16. The van der Waals surface area contributed by atoms with Gasteiger partial charge in [-0.15, -0.1) is 0 Å². The summed E-state index contributed by atoms with van der Waals surface area (Å²) in [5.74, 6) is 0.400. The van der Waals surface area contributed by atoms with Crippen LogP contribution in [0.3, 0.4) is 0 Å². The first-order chi connectivity index (χ1) is 19.6. The number of nitrogens with zero attached hydrogens (tertiary/aromatic N) is 2. The molecule has 3 fully saturated rings. The summed E-state index contributed by atoms with van der Waals surface area (Å²) in [6.45, 7) is 5.48. The molecule has 40 heavy (non-hydrogen) atoms. The molecular formula is C31H44N4O5. The number of methoxy groups -OCH3 is 2. The lowest BCUT2D eigenvalue weighted by atomic mass is 9.97. The Morgan fingerprint density at radius 3 is 2.62 bits per heavy atom. The van der Waals surface area contributed by atoms with Crippen LogP contribution in [0.4, 0.5) is 5.69 Å². The van der Waals surface area contributed by atoms with Gasteiger partial charge in [0, 0.05) is 51.6 Å². The van der Waals surface area contributed by atoms with Gasteiger partial charge < -0.3 is 34.5 Å². The molecule has 5 rings (SSSR count). The number of hydrogen-bond donors (Lipinski definition) is 2. The predicted molar refractivity (Wildman–Crippen MR) is 154 cm³/mol. The Hall–Kier alpha value is -2.72. The Bertz CT molecular complexity index is 1110. The van der Waals surface area contributed by atoms with E-state index >= 15 is 0 Å². The first-order valence-corrected chi connectivity index (χ1v) is 14.7. The number of nitrogens with one attached hydrogen (secondary N) is 2. The van der Waals surface area contributed by atoms with Crippen molar-refractivity contribution in [3.63, 3.8) is 0 Å². The first kappa shape index (κ1) is 28.8. The Labute approximate surface area is 237 Å². The van der Waals surface area contributed by atoms with Crippen LogP contribution >= 0.6 is 0 Å². The predicted octanol–water partition coefficient (Wildman–Crippen LogP) is 4.12. The minimum atomic E-state index is -0.0897. The van der Waals surface area contributed by atoms with Crippen molar-refractivity contribution in [2.24, 2.45) is 0 Å². The van der Waals surface area contributed by atoms with Crippen molar-refractivity contribution in [3.05, 3.63) is 53.3 Å². The number of amides is 1. The molecular weight excluding hydrogens is 508 g/mol. The summed E-state index contributed by atoms with van der Waals surface area (Å²) in [5, 5.41) is 7.23. The SMILES string of the molecule is COc1c(NCC2CCC[C@@H](c3ccc(C)cc3)O2)ccnc1C(=O)N1CCC(N[C@H]2CCOC[C@H]2OC)CC1. The molecule has 1 amide bonds. The highest BCUT2D eigenvalue weighted by Crippen LogP contribution is 2.33. The second kappa shape index (κ2) is 13.8. The van der Waals surface area contributed by atoms with Crippen LogP contribution in [0.1, 0.15) is 66.2 Å². The lowest BCUT2D eigenvalue weighted by molar-refractivity contribution is -0.0533. The summed E-state index contributed by atoms with van der Waals surface area (Å²) >= 11 is 0. The molecule has 0 bridgehead atoms. The molecule has 2 N–H and O–H groups in total. The Morgan fingerprint density at radius 1 is 1.07 bits per heavy atom. The van der Waals surface area contributed by atoms with E-state index in [4.69, 9.17) is 18.9 Å². The Kier molecular flexibility index (Phi) is 9.91. The molecule has 4 heterocycles. The number of hydrogen-bond acceptors (Lipinski definition) is 8. The van der Waals surface area contributed by atoms with Crippen molar-refractivity contribution in [1.82, 2.24) is 15.2 Å². The van der Waals surface area contributed by atoms with E-state index in [0.29, 0.717) is 43.7 Å². The zero-order chi connectivity index (χ0) is 27.9. The third-order valence-electron chi connectivity index (χ3n) is 8.47. The maximum atomic E-state index is 13.5. The quantitative estimate of drug-likeness (QED) is 0.480. The molecule has 3 aliphatic rings. The van der Waals surface area contributed by atoms with E-state index in [-0.39, 0.29) is 30.3 Å². The van der Waals surface area contributed by atoms with Crippen LogP contribution in [0.15, 0.2) is 36.5 Å². The van der Waals surface area contributed by atoms with Crippen molar-refractivity contribution >= 4 is 11.6 Å². The van der Waals surface area contributed by atoms with Gasteiger partial charge in [0.05, 0.1) is 37.7 Å². The van der Waals surface area contributed by atoms with E-state index < -0.39 is 0 Å². The molecule has 9 nitrogen and oxygen atoms in total. The number of aromatic nitrogens is 1. The molecule has 0 spiro atoms. The van der Waals surface area contributed by atoms with Gasteiger partial charge in [0.1, 0.15) is 0 Å². The van der Waals surface area contributed by atoms with Gasteiger partial charge in [-0.2, -0.15) is 0 Å². The fourth-order valence-electron chi connectivity index (χ4n) is 6.08. The molecule has 1 aromatic heterocycles. The van der Waals surface area contributed by atoms with Gasteiger partial charge in [-0.25, -0.2) is 4.98 Å². The van der Waals surface area contributed by atoms with Gasteiger partial charge in [0.25, 0.3) is 5.91 Å². The minimum absolute atomic E-state index is 0.0737. The van der Waals surface area contributed by atoms with Crippen molar-refractivity contribution in [2.75, 3.05) is 52.4 Å². The molecule has 218 valence electrons. The topological polar surface area (TPSA) is 94.2 Å². The highest BCUT2D eigenvalue weighted by atomic mass is 16.5. The van der Waals surface area contributed by atoms with Crippen LogP contribution < -0.4 is 15.4 Å². The molecule has 0 saturated carbocycles. The number of piperidine rings is 1. The van der Waals surface area contributed by atoms with E-state index in [1.54, 1.807) is 20.4 Å². The van der Waals surface area contributed by atoms with Crippen LogP contribution in [0.2, 0.25) is 0 Å². The lowest BCUT2D eigenvalue weighted by Crippen LogP contribution is -2.54. The fraction of sp³-hybridized carbons (Fsp3) is 0.613. The maximum absolute atomic E-state index is 13.5. The van der Waals surface area contributed by atoms with Gasteiger partial charge in [-0.1, -0.05) is 29.8 Å². The molecule has 2 aromatic rings. The number of likely N-dealkylation sites (tertiary alicyclic amines) is 1. The van der Waals surface area contributed by atoms with E-state index in [0.717, 1.165) is 50.8 Å². The van der Waals surface area contributed by atoms with E-state index in [1.807, 2.05) is 11.0 Å². The number of rotatable bonds is 9. The maximum Gasteiger partial charge on any atom is 0.276 e. The van der Waals surface area contributed by atoms with E-state index in [1.165, 1.54) is 11.1 Å². The molecule has 0 radical (unpaired) electrons. The highest BCUT2D eigenvalue weighted by molar-refractivity contribution is 5.96. The average Bonchev–Trinajstić information content (AvgIpc) is 3.00. The third kappa shape index (κ3) is 6.94. The van der Waals surface area contributed by atoms with Gasteiger partial charge in [-0.3, -0.25) is 4.79 Å². The summed E-state index contributed by atoms with van der Waals surface area (Å²) in [7, 11) is 3.34. The molecule has 1 unspecified atom stereocenters. The van der Waals surface area contributed by atoms with Crippen LogP contribution in [0.25, 0.3) is 0 Å². The van der Waals surface area contributed by atoms with Gasteiger partial charge in [0.2, 0.25) is 0 Å². The van der Waals surface area contributed by atoms with Gasteiger partial charge >= 0.3 is 0 Å². The molecule has 1 aromatic carbocycles. The number of benzene rings is 1. The van der Waals surface area contributed by atoms with E-state index in [2.05, 4.69) is 46.8 Å². The number of carbonyl (C=O) groups is 1. The normalized spacial score (nSPS) is 25.9. The number of pyridine rings is 1. The van der Waals surface area contributed by atoms with Crippen LogP contribution in [0.5, 0.6) is 5.75 Å². The monoisotopic (exact) mass is 552 g/mol. The summed E-state index contributed by atoms with van der Waals surface area (Å²) in [6, 6.07) is 11.1. The summed E-state index contributed by atoms with van der Waals surface area (Å²) in [6.07, 6.45) is 7.82. The zero-order valence-electron chi connectivity index (χ0n) is 24.1. The zero-order valence-corrected chi connectivity index (χ0v) is 24.1. The third-order valence-corrected chi connectivity index (χ3v) is 8.47. The number of aryl methyl sites for hydroxylation is 1. The van der Waals surface area contributed by atoms with Crippen LogP contribution in [0, 0.1) is 6.92 Å². The summed E-state index contributed by atoms with van der Waals surface area (Å²) in [4.78, 5) is 19.9. The fourth-order valence-corrected chi connectivity index (χ4v) is 6.08. The van der Waals surface area contributed by atoms with Crippen molar-refractivity contribution in [2.45, 2.75) is 75.8 Å². The average molecular weight is 553 g/mol. The second-order valence-electron chi connectivity index (χ2n) is 11.2. The number of carbonyl (C=O) groups excluding carboxylic acids is 1.